The quantitative estimate of drug-likeness (QED) is 0.0102. The number of hydrogen-bond donors (Lipinski definition) is 7. The van der Waals surface area contributed by atoms with Gasteiger partial charge in [-0.3, -0.25) is 18.6 Å². The van der Waals surface area contributed by atoms with Crippen LogP contribution in [-0.2, 0) is 32.7 Å². The van der Waals surface area contributed by atoms with Gasteiger partial charge in [-0.25, -0.2) is 4.57 Å². The maximum atomic E-state index is 12.8. The van der Waals surface area contributed by atoms with Gasteiger partial charge >= 0.3 is 19.8 Å². The second-order valence-electron chi connectivity index (χ2n) is 16.1. The molecule has 7 unspecified atom stereocenters. The standard InChI is InChI=1S/C49H81O14P/c1-3-5-7-8-9-10-11-12-13-16-19-22-25-28-32-36-42(51)60-38-41(39-61-64(58,59)63-49-47(56)45(54)44(53)46(55)48(49)57)62-43(52)37-33-29-26-23-20-17-14-15-18-21-24-27-31-35-40(50)34-30-6-4-2/h6,12-13,15,17-18,20,24,26-27,29-31,35,40-41,44-50,53-57H,3-5,7-11,14,16,19,21-23,25,28,32-34,36-39H2,1-2H3,(H,58,59). The highest BCUT2D eigenvalue weighted by atomic mass is 31.2. The molecule has 7 N–H and O–H groups in total. The van der Waals surface area contributed by atoms with E-state index < -0.39 is 81.8 Å². The SMILES string of the molecule is CCC=CCC(O)C=CC=CCC=CCC=CCC=CCCC(=O)OC(COC(=O)CCCCCCCC=CCCCCCCCC)COP(=O)(O)OC1C(O)C(O)C(O)C(O)C1O. The Morgan fingerprint density at radius 3 is 1.72 bits per heavy atom. The zero-order chi connectivity index (χ0) is 47.3. The molecule has 64 heavy (non-hydrogen) atoms. The molecule has 1 fully saturated rings. The summed E-state index contributed by atoms with van der Waals surface area (Å²) in [5.41, 5.74) is 0. The van der Waals surface area contributed by atoms with Crippen LogP contribution in [0.25, 0.3) is 0 Å². The van der Waals surface area contributed by atoms with E-state index in [0.717, 1.165) is 57.8 Å². The van der Waals surface area contributed by atoms with Gasteiger partial charge in [-0.15, -0.1) is 0 Å². The number of hydrogen-bond acceptors (Lipinski definition) is 13. The number of aliphatic hydroxyl groups is 6. The largest absolute Gasteiger partial charge is 0.472 e. The van der Waals surface area contributed by atoms with Gasteiger partial charge in [-0.1, -0.05) is 150 Å². The molecular formula is C49H81O14P. The first-order valence-electron chi connectivity index (χ1n) is 23.5. The lowest BCUT2D eigenvalue weighted by Gasteiger charge is -2.41. The second-order valence-corrected chi connectivity index (χ2v) is 17.5. The van der Waals surface area contributed by atoms with Gasteiger partial charge < -0.3 is 45.0 Å². The van der Waals surface area contributed by atoms with Crippen LogP contribution in [-0.4, -0.2) is 110 Å². The van der Waals surface area contributed by atoms with Gasteiger partial charge in [0.05, 0.1) is 12.7 Å². The Balaban J connectivity index is 2.54. The minimum atomic E-state index is -5.16. The molecule has 0 spiro atoms. The van der Waals surface area contributed by atoms with Crippen molar-refractivity contribution in [2.75, 3.05) is 13.2 Å². The van der Waals surface area contributed by atoms with Crippen LogP contribution in [0.5, 0.6) is 0 Å². The Labute approximate surface area is 382 Å². The van der Waals surface area contributed by atoms with E-state index in [-0.39, 0.29) is 12.8 Å². The van der Waals surface area contributed by atoms with Gasteiger partial charge in [-0.05, 0) is 70.6 Å². The van der Waals surface area contributed by atoms with Crippen LogP contribution >= 0.6 is 7.82 Å². The summed E-state index contributed by atoms with van der Waals surface area (Å²) in [7, 11) is -5.16. The molecule has 14 nitrogen and oxygen atoms in total. The minimum Gasteiger partial charge on any atom is -0.462 e. The molecule has 1 aliphatic rings. The molecule has 0 aromatic rings. The summed E-state index contributed by atoms with van der Waals surface area (Å²) >= 11 is 0. The average Bonchev–Trinajstić information content (AvgIpc) is 3.27. The number of carbonyl (C=O) groups is 2. The van der Waals surface area contributed by atoms with Crippen LogP contribution in [0.15, 0.2) is 85.1 Å². The molecule has 0 radical (unpaired) electrons. The Kier molecular flexibility index (Phi) is 35.2. The monoisotopic (exact) mass is 925 g/mol. The topological polar surface area (TPSA) is 230 Å². The summed E-state index contributed by atoms with van der Waals surface area (Å²) in [5.74, 6) is -1.24. The molecule has 0 heterocycles. The molecule has 0 saturated heterocycles. The van der Waals surface area contributed by atoms with E-state index in [4.69, 9.17) is 18.5 Å². The average molecular weight is 925 g/mol. The van der Waals surface area contributed by atoms with Crippen molar-refractivity contribution in [3.05, 3.63) is 85.1 Å². The van der Waals surface area contributed by atoms with E-state index in [1.807, 2.05) is 54.7 Å². The van der Waals surface area contributed by atoms with E-state index >= 15 is 0 Å². The molecule has 0 amide bonds. The lowest BCUT2D eigenvalue weighted by Crippen LogP contribution is -2.64. The Morgan fingerprint density at radius 1 is 0.578 bits per heavy atom. The first-order valence-corrected chi connectivity index (χ1v) is 25.0. The number of phosphoric acid groups is 1. The highest BCUT2D eigenvalue weighted by Crippen LogP contribution is 2.47. The number of esters is 2. The van der Waals surface area contributed by atoms with Gasteiger partial charge in [0.1, 0.15) is 43.2 Å². The van der Waals surface area contributed by atoms with Crippen LogP contribution in [0.2, 0.25) is 0 Å². The van der Waals surface area contributed by atoms with Crippen molar-refractivity contribution in [2.45, 2.75) is 198 Å². The molecule has 366 valence electrons. The third-order valence-electron chi connectivity index (χ3n) is 10.3. The van der Waals surface area contributed by atoms with E-state index in [9.17, 15) is 49.7 Å². The molecule has 1 rings (SSSR count). The second kappa shape index (κ2) is 38.1. The van der Waals surface area contributed by atoms with Crippen molar-refractivity contribution < 1.29 is 68.2 Å². The van der Waals surface area contributed by atoms with Crippen molar-refractivity contribution >= 4 is 19.8 Å². The molecule has 1 aliphatic carbocycles. The van der Waals surface area contributed by atoms with E-state index in [1.54, 1.807) is 6.08 Å². The Hall–Kier alpha value is -3.01. The van der Waals surface area contributed by atoms with E-state index in [0.29, 0.717) is 25.7 Å². The molecule has 0 aromatic carbocycles. The van der Waals surface area contributed by atoms with Crippen molar-refractivity contribution in [3.63, 3.8) is 0 Å². The fourth-order valence-corrected chi connectivity index (χ4v) is 7.48. The first kappa shape index (κ1) is 59.0. The number of carbonyl (C=O) groups excluding carboxylic acids is 2. The number of unbranched alkanes of at least 4 members (excludes halogenated alkanes) is 11. The van der Waals surface area contributed by atoms with Crippen molar-refractivity contribution in [2.24, 2.45) is 0 Å². The normalized spacial score (nSPS) is 22.8. The molecule has 15 heteroatoms. The van der Waals surface area contributed by atoms with Gasteiger partial charge in [0.25, 0.3) is 0 Å². The molecule has 1 saturated carbocycles. The zero-order valence-corrected chi connectivity index (χ0v) is 39.3. The highest BCUT2D eigenvalue weighted by molar-refractivity contribution is 7.47. The number of ether oxygens (including phenoxy) is 2. The maximum Gasteiger partial charge on any atom is 0.472 e. The molecule has 0 aromatic heterocycles. The van der Waals surface area contributed by atoms with Crippen molar-refractivity contribution in [3.8, 4) is 0 Å². The summed E-state index contributed by atoms with van der Waals surface area (Å²) in [6.07, 6.45) is 32.6. The Bertz CT molecular complexity index is 1460. The third-order valence-corrected chi connectivity index (χ3v) is 11.3. The number of phosphoric ester groups is 1. The predicted molar refractivity (Wildman–Crippen MR) is 250 cm³/mol. The van der Waals surface area contributed by atoms with Crippen LogP contribution in [0.3, 0.4) is 0 Å². The fourth-order valence-electron chi connectivity index (χ4n) is 6.51. The Morgan fingerprint density at radius 2 is 1.11 bits per heavy atom. The smallest absolute Gasteiger partial charge is 0.462 e. The maximum absolute atomic E-state index is 12.8. The van der Waals surface area contributed by atoms with Crippen LogP contribution < -0.4 is 0 Å². The first-order chi connectivity index (χ1) is 30.8. The lowest BCUT2D eigenvalue weighted by atomic mass is 9.85. The van der Waals surface area contributed by atoms with Crippen molar-refractivity contribution in [1.82, 2.24) is 0 Å². The van der Waals surface area contributed by atoms with Crippen molar-refractivity contribution in [1.29, 1.82) is 0 Å². The van der Waals surface area contributed by atoms with Crippen LogP contribution in [0, 0.1) is 0 Å². The van der Waals surface area contributed by atoms with Crippen LogP contribution in [0.4, 0.5) is 0 Å². The van der Waals surface area contributed by atoms with Gasteiger partial charge in [0, 0.05) is 12.8 Å². The molecule has 7 atom stereocenters. The predicted octanol–water partition coefficient (Wildman–Crippen LogP) is 8.25. The van der Waals surface area contributed by atoms with Gasteiger partial charge in [0.15, 0.2) is 6.10 Å². The number of allylic oxidation sites excluding steroid dienone is 12. The number of aliphatic hydroxyl groups excluding tert-OH is 6. The minimum absolute atomic E-state index is 0.0499. The summed E-state index contributed by atoms with van der Waals surface area (Å²) in [5, 5.41) is 60.0. The molecule has 0 aliphatic heterocycles. The fraction of sp³-hybridized carbons (Fsp3) is 0.673. The summed E-state index contributed by atoms with van der Waals surface area (Å²) in [6, 6.07) is 0. The summed E-state index contributed by atoms with van der Waals surface area (Å²) in [4.78, 5) is 35.7. The number of rotatable bonds is 37. The highest BCUT2D eigenvalue weighted by Gasteiger charge is 2.51. The summed E-state index contributed by atoms with van der Waals surface area (Å²) in [6.45, 7) is 3.01. The lowest BCUT2D eigenvalue weighted by molar-refractivity contribution is -0.220. The van der Waals surface area contributed by atoms with Gasteiger partial charge in [-0.2, -0.15) is 0 Å². The van der Waals surface area contributed by atoms with E-state index in [1.165, 1.54) is 38.5 Å². The van der Waals surface area contributed by atoms with Gasteiger partial charge in [0.2, 0.25) is 0 Å². The summed E-state index contributed by atoms with van der Waals surface area (Å²) < 4.78 is 33.4. The molecular weight excluding hydrogens is 843 g/mol. The molecule has 0 bridgehead atoms. The van der Waals surface area contributed by atoms with Crippen LogP contribution in [0.1, 0.15) is 149 Å². The third kappa shape index (κ3) is 30.2. The van der Waals surface area contributed by atoms with E-state index in [2.05, 4.69) is 38.2 Å². The zero-order valence-electron chi connectivity index (χ0n) is 38.4.